The van der Waals surface area contributed by atoms with Gasteiger partial charge in [-0.3, -0.25) is 0 Å². The molecule has 182 valence electrons. The summed E-state index contributed by atoms with van der Waals surface area (Å²) in [5, 5.41) is 0. The quantitative estimate of drug-likeness (QED) is 0.232. The van der Waals surface area contributed by atoms with E-state index in [0.29, 0.717) is 13.2 Å². The van der Waals surface area contributed by atoms with Crippen LogP contribution in [0.15, 0.2) is 24.3 Å². The van der Waals surface area contributed by atoms with Crippen molar-refractivity contribution >= 4 is 11.9 Å². The summed E-state index contributed by atoms with van der Waals surface area (Å²) >= 11 is 0. The highest BCUT2D eigenvalue weighted by molar-refractivity contribution is 6.03. The number of benzene rings is 1. The third-order valence-electron chi connectivity index (χ3n) is 5.49. The summed E-state index contributed by atoms with van der Waals surface area (Å²) in [7, 11) is 4.18. The van der Waals surface area contributed by atoms with Gasteiger partial charge in [0.1, 0.15) is 0 Å². The Labute approximate surface area is 195 Å². The van der Waals surface area contributed by atoms with Crippen LogP contribution in [-0.2, 0) is 9.47 Å². The van der Waals surface area contributed by atoms with Crippen LogP contribution in [-0.4, -0.2) is 75.2 Å². The number of esters is 2. The Kier molecular flexibility index (Phi) is 15.5. The highest BCUT2D eigenvalue weighted by atomic mass is 16.5. The van der Waals surface area contributed by atoms with Crippen molar-refractivity contribution in [3.05, 3.63) is 35.4 Å². The third-order valence-corrected chi connectivity index (χ3v) is 5.49. The Morgan fingerprint density at radius 2 is 1.03 bits per heavy atom. The highest BCUT2D eigenvalue weighted by Crippen LogP contribution is 2.13. The van der Waals surface area contributed by atoms with E-state index >= 15 is 0 Å². The molecule has 0 amide bonds. The van der Waals surface area contributed by atoms with Gasteiger partial charge in [0.05, 0.1) is 24.3 Å². The van der Waals surface area contributed by atoms with Gasteiger partial charge in [-0.05, 0) is 65.0 Å². The maximum Gasteiger partial charge on any atom is 0.339 e. The lowest BCUT2D eigenvalue weighted by Gasteiger charge is -2.16. The van der Waals surface area contributed by atoms with Gasteiger partial charge in [-0.1, -0.05) is 51.7 Å². The van der Waals surface area contributed by atoms with Gasteiger partial charge in [-0.2, -0.15) is 0 Å². The molecule has 0 aliphatic heterocycles. The van der Waals surface area contributed by atoms with E-state index in [0.717, 1.165) is 39.0 Å². The van der Waals surface area contributed by atoms with E-state index in [-0.39, 0.29) is 11.1 Å². The second-order valence-electron chi connectivity index (χ2n) is 8.55. The predicted molar refractivity (Wildman–Crippen MR) is 130 cm³/mol. The molecule has 0 saturated heterocycles. The summed E-state index contributed by atoms with van der Waals surface area (Å²) in [6.45, 7) is 8.95. The fourth-order valence-corrected chi connectivity index (χ4v) is 3.48. The van der Waals surface area contributed by atoms with Gasteiger partial charge in [-0.25, -0.2) is 9.59 Å². The fraction of sp³-hybridized carbons (Fsp3) is 0.692. The van der Waals surface area contributed by atoms with Crippen LogP contribution in [0.2, 0.25) is 0 Å². The molecule has 32 heavy (non-hydrogen) atoms. The second kappa shape index (κ2) is 17.6. The molecule has 1 rings (SSSR count). The van der Waals surface area contributed by atoms with Crippen molar-refractivity contribution < 1.29 is 19.1 Å². The van der Waals surface area contributed by atoms with Crippen molar-refractivity contribution in [3.8, 4) is 0 Å². The number of rotatable bonds is 18. The molecule has 0 aliphatic rings. The van der Waals surface area contributed by atoms with Gasteiger partial charge in [0.15, 0.2) is 0 Å². The number of carbonyl (C=O) groups excluding carboxylic acids is 2. The molecule has 0 heterocycles. The number of unbranched alkanes of at least 4 members (excludes halogenated alkanes) is 4. The minimum atomic E-state index is -0.471. The SMILES string of the molecule is CCCCCN(C)CCCOC(=O)c1ccccc1C(=O)OCCCN(C)CCCCC. The van der Waals surface area contributed by atoms with Crippen molar-refractivity contribution in [2.45, 2.75) is 65.2 Å². The van der Waals surface area contributed by atoms with Crippen LogP contribution in [0.25, 0.3) is 0 Å². The molecule has 0 aliphatic carbocycles. The molecule has 0 radical (unpaired) electrons. The number of hydrogen-bond acceptors (Lipinski definition) is 6. The smallest absolute Gasteiger partial charge is 0.339 e. The summed E-state index contributed by atoms with van der Waals surface area (Å²) in [5.41, 5.74) is 0.538. The number of ether oxygens (including phenoxy) is 2. The monoisotopic (exact) mass is 448 g/mol. The first-order valence-electron chi connectivity index (χ1n) is 12.3. The van der Waals surface area contributed by atoms with Crippen molar-refractivity contribution in [1.82, 2.24) is 9.80 Å². The van der Waals surface area contributed by atoms with Crippen LogP contribution in [0, 0.1) is 0 Å². The van der Waals surface area contributed by atoms with Crippen molar-refractivity contribution in [2.24, 2.45) is 0 Å². The van der Waals surface area contributed by atoms with Crippen LogP contribution in [0.3, 0.4) is 0 Å². The van der Waals surface area contributed by atoms with Gasteiger partial charge in [0, 0.05) is 13.1 Å². The number of hydrogen-bond donors (Lipinski definition) is 0. The highest BCUT2D eigenvalue weighted by Gasteiger charge is 2.19. The Morgan fingerprint density at radius 3 is 1.41 bits per heavy atom. The van der Waals surface area contributed by atoms with Gasteiger partial charge in [0.2, 0.25) is 0 Å². The zero-order valence-electron chi connectivity index (χ0n) is 20.7. The van der Waals surface area contributed by atoms with Gasteiger partial charge >= 0.3 is 11.9 Å². The standard InChI is InChI=1S/C26H44N2O4/c1-5-7-11-17-27(3)19-13-21-31-25(29)23-15-9-10-16-24(23)26(30)32-22-14-20-28(4)18-12-8-6-2/h9-10,15-16H,5-8,11-14,17-22H2,1-4H3. The molecule has 1 aromatic carbocycles. The van der Waals surface area contributed by atoms with Crippen molar-refractivity contribution in [2.75, 3.05) is 53.5 Å². The summed E-state index contributed by atoms with van der Waals surface area (Å²) in [5.74, 6) is -0.941. The molecule has 0 unspecified atom stereocenters. The molecule has 0 spiro atoms. The third kappa shape index (κ3) is 12.2. The van der Waals surface area contributed by atoms with Gasteiger partial charge < -0.3 is 19.3 Å². The van der Waals surface area contributed by atoms with E-state index in [1.165, 1.54) is 38.5 Å². The molecule has 0 saturated carbocycles. The Bertz CT molecular complexity index is 595. The first-order valence-corrected chi connectivity index (χ1v) is 12.3. The van der Waals surface area contributed by atoms with Crippen LogP contribution in [0.4, 0.5) is 0 Å². The molecule has 1 aromatic rings. The first kappa shape index (κ1) is 28.1. The first-order chi connectivity index (χ1) is 15.5. The minimum Gasteiger partial charge on any atom is -0.462 e. The van der Waals surface area contributed by atoms with E-state index < -0.39 is 11.9 Å². The largest absolute Gasteiger partial charge is 0.462 e. The molecular weight excluding hydrogens is 404 g/mol. The predicted octanol–water partition coefficient (Wildman–Crippen LogP) is 5.02. The van der Waals surface area contributed by atoms with Crippen LogP contribution < -0.4 is 0 Å². The Balaban J connectivity index is 2.38. The van der Waals surface area contributed by atoms with Crippen molar-refractivity contribution in [3.63, 3.8) is 0 Å². The number of carbonyl (C=O) groups is 2. The summed E-state index contributed by atoms with van der Waals surface area (Å²) in [6.07, 6.45) is 8.82. The van der Waals surface area contributed by atoms with Crippen LogP contribution in [0.5, 0.6) is 0 Å². The minimum absolute atomic E-state index is 0.269. The molecular formula is C26H44N2O4. The lowest BCUT2D eigenvalue weighted by molar-refractivity contribution is 0.0444. The van der Waals surface area contributed by atoms with E-state index in [1.807, 2.05) is 0 Å². The van der Waals surface area contributed by atoms with Crippen LogP contribution in [0.1, 0.15) is 85.9 Å². The molecule has 0 fully saturated rings. The lowest BCUT2D eigenvalue weighted by atomic mass is 10.1. The van der Waals surface area contributed by atoms with Crippen LogP contribution >= 0.6 is 0 Å². The van der Waals surface area contributed by atoms with Gasteiger partial charge in [-0.15, -0.1) is 0 Å². The molecule has 6 nitrogen and oxygen atoms in total. The topological polar surface area (TPSA) is 59.1 Å². The second-order valence-corrected chi connectivity index (χ2v) is 8.55. The van der Waals surface area contributed by atoms with Gasteiger partial charge in [0.25, 0.3) is 0 Å². The van der Waals surface area contributed by atoms with E-state index in [2.05, 4.69) is 37.7 Å². The Hall–Kier alpha value is -1.92. The maximum absolute atomic E-state index is 12.5. The van der Waals surface area contributed by atoms with Crippen molar-refractivity contribution in [1.29, 1.82) is 0 Å². The Morgan fingerprint density at radius 1 is 0.656 bits per heavy atom. The molecule has 0 N–H and O–H groups in total. The molecule has 0 aromatic heterocycles. The average molecular weight is 449 g/mol. The zero-order chi connectivity index (χ0) is 23.6. The lowest BCUT2D eigenvalue weighted by Crippen LogP contribution is -2.23. The molecule has 0 bridgehead atoms. The average Bonchev–Trinajstić information content (AvgIpc) is 2.79. The molecule has 6 heteroatoms. The summed E-state index contributed by atoms with van der Waals surface area (Å²) in [6, 6.07) is 6.72. The number of nitrogens with zero attached hydrogens (tertiary/aromatic N) is 2. The maximum atomic E-state index is 12.5. The molecule has 0 atom stereocenters. The summed E-state index contributed by atoms with van der Waals surface area (Å²) < 4.78 is 10.8. The van der Waals surface area contributed by atoms with E-state index in [4.69, 9.17) is 9.47 Å². The normalized spacial score (nSPS) is 11.2. The zero-order valence-corrected chi connectivity index (χ0v) is 20.7. The van der Waals surface area contributed by atoms with E-state index in [1.54, 1.807) is 24.3 Å². The summed E-state index contributed by atoms with van der Waals surface area (Å²) in [4.78, 5) is 29.6. The fourth-order valence-electron chi connectivity index (χ4n) is 3.48. The van der Waals surface area contributed by atoms with E-state index in [9.17, 15) is 9.59 Å².